The number of rotatable bonds is 4. The molecule has 0 bridgehead atoms. The highest BCUT2D eigenvalue weighted by molar-refractivity contribution is 7.12. The van der Waals surface area contributed by atoms with E-state index in [-0.39, 0.29) is 5.71 Å². The lowest BCUT2D eigenvalue weighted by atomic mass is 10.2. The van der Waals surface area contributed by atoms with E-state index in [1.165, 1.54) is 11.3 Å². The van der Waals surface area contributed by atoms with Gasteiger partial charge in [0, 0.05) is 16.0 Å². The van der Waals surface area contributed by atoms with Crippen LogP contribution in [0.15, 0.2) is 59.0 Å². The molecule has 118 valence electrons. The molecular weight excluding hydrogens is 340 g/mol. The van der Waals surface area contributed by atoms with E-state index in [0.717, 1.165) is 22.5 Å². The smallest absolute Gasteiger partial charge is 0.196 e. The molecule has 4 nitrogen and oxygen atoms in total. The third-order valence-electron chi connectivity index (χ3n) is 3.27. The number of benzene rings is 2. The summed E-state index contributed by atoms with van der Waals surface area (Å²) in [7, 11) is 0. The van der Waals surface area contributed by atoms with Gasteiger partial charge in [-0.2, -0.15) is 10.4 Å². The summed E-state index contributed by atoms with van der Waals surface area (Å²) in [6.45, 7) is 2.00. The van der Waals surface area contributed by atoms with E-state index >= 15 is 0 Å². The van der Waals surface area contributed by atoms with Crippen molar-refractivity contribution in [2.24, 2.45) is 5.10 Å². The number of aryl methyl sites for hydroxylation is 1. The Balaban J connectivity index is 1.82. The first-order valence-corrected chi connectivity index (χ1v) is 8.44. The predicted octanol–water partition coefficient (Wildman–Crippen LogP) is 5.11. The number of hydrogen-bond donors (Lipinski definition) is 1. The van der Waals surface area contributed by atoms with E-state index in [1.807, 2.05) is 60.8 Å². The van der Waals surface area contributed by atoms with Gasteiger partial charge >= 0.3 is 0 Å². The monoisotopic (exact) mass is 352 g/mol. The molecule has 2 aromatic carbocycles. The fourth-order valence-electron chi connectivity index (χ4n) is 2.09. The fourth-order valence-corrected chi connectivity index (χ4v) is 2.98. The number of nitrogens with one attached hydrogen (secondary N) is 1. The van der Waals surface area contributed by atoms with Crippen LogP contribution < -0.4 is 5.43 Å². The Morgan fingerprint density at radius 2 is 2.04 bits per heavy atom. The summed E-state index contributed by atoms with van der Waals surface area (Å²) < 4.78 is 0. The number of nitriles is 1. The maximum atomic E-state index is 9.36. The number of thiazole rings is 1. The van der Waals surface area contributed by atoms with E-state index in [0.29, 0.717) is 10.0 Å². The third-order valence-corrected chi connectivity index (χ3v) is 4.37. The molecule has 1 heterocycles. The van der Waals surface area contributed by atoms with Gasteiger partial charge in [0.25, 0.3) is 0 Å². The minimum absolute atomic E-state index is 0.252. The third kappa shape index (κ3) is 3.80. The normalized spacial score (nSPS) is 11.1. The Morgan fingerprint density at radius 3 is 2.75 bits per heavy atom. The van der Waals surface area contributed by atoms with Gasteiger partial charge in [0.05, 0.1) is 11.4 Å². The quantitative estimate of drug-likeness (QED) is 0.524. The summed E-state index contributed by atoms with van der Waals surface area (Å²) in [5.74, 6) is 0. The first kappa shape index (κ1) is 16.2. The molecule has 0 aliphatic heterocycles. The van der Waals surface area contributed by atoms with Crippen molar-refractivity contribution < 1.29 is 0 Å². The van der Waals surface area contributed by atoms with Crippen LogP contribution in [0.25, 0.3) is 11.3 Å². The summed E-state index contributed by atoms with van der Waals surface area (Å²) in [4.78, 5) is 4.49. The maximum Gasteiger partial charge on any atom is 0.196 e. The standard InChI is InChI=1S/C18H13ClN4S/c1-12-3-2-4-15(9-12)22-23-16(10-20)18-21-17(11-24-18)13-5-7-14(19)8-6-13/h2-9,11,22H,1H3/b23-16+. The van der Waals surface area contributed by atoms with E-state index in [9.17, 15) is 5.26 Å². The molecule has 0 saturated carbocycles. The Bertz CT molecular complexity index is 923. The Kier molecular flexibility index (Phi) is 4.90. The lowest BCUT2D eigenvalue weighted by Gasteiger charge is -2.01. The van der Waals surface area contributed by atoms with Gasteiger partial charge in [-0.05, 0) is 36.8 Å². The zero-order valence-electron chi connectivity index (χ0n) is 12.8. The van der Waals surface area contributed by atoms with Crippen LogP contribution in [0.2, 0.25) is 5.02 Å². The van der Waals surface area contributed by atoms with Crippen molar-refractivity contribution in [3.63, 3.8) is 0 Å². The van der Waals surface area contributed by atoms with Gasteiger partial charge in [0.1, 0.15) is 6.07 Å². The minimum atomic E-state index is 0.252. The lowest BCUT2D eigenvalue weighted by molar-refractivity contribution is 1.30. The number of aromatic nitrogens is 1. The Hall–Kier alpha value is -2.68. The van der Waals surface area contributed by atoms with Crippen LogP contribution in [-0.2, 0) is 0 Å². The van der Waals surface area contributed by atoms with E-state index in [4.69, 9.17) is 11.6 Å². The molecule has 1 aromatic heterocycles. The van der Waals surface area contributed by atoms with Crippen LogP contribution in [0.1, 0.15) is 10.6 Å². The van der Waals surface area contributed by atoms with Crippen molar-refractivity contribution in [3.8, 4) is 17.3 Å². The van der Waals surface area contributed by atoms with Crippen molar-refractivity contribution in [2.45, 2.75) is 6.92 Å². The molecule has 0 fully saturated rings. The van der Waals surface area contributed by atoms with Crippen LogP contribution >= 0.6 is 22.9 Å². The number of hydrogen-bond acceptors (Lipinski definition) is 5. The summed E-state index contributed by atoms with van der Waals surface area (Å²) in [6, 6.07) is 17.3. The molecule has 24 heavy (non-hydrogen) atoms. The molecule has 0 spiro atoms. The molecule has 0 radical (unpaired) electrons. The van der Waals surface area contributed by atoms with Crippen molar-refractivity contribution >= 4 is 34.3 Å². The molecule has 3 aromatic rings. The second-order valence-corrected chi connectivity index (χ2v) is 6.39. The minimum Gasteiger partial charge on any atom is -0.277 e. The van der Waals surface area contributed by atoms with Gasteiger partial charge in [-0.15, -0.1) is 11.3 Å². The number of halogens is 1. The fraction of sp³-hybridized carbons (Fsp3) is 0.0556. The summed E-state index contributed by atoms with van der Waals surface area (Å²) in [6.07, 6.45) is 0. The zero-order valence-corrected chi connectivity index (χ0v) is 14.4. The molecule has 0 atom stereocenters. The molecule has 0 saturated heterocycles. The highest BCUT2D eigenvalue weighted by Crippen LogP contribution is 2.24. The highest BCUT2D eigenvalue weighted by atomic mass is 35.5. The topological polar surface area (TPSA) is 61.1 Å². The van der Waals surface area contributed by atoms with E-state index in [1.54, 1.807) is 0 Å². The second-order valence-electron chi connectivity index (χ2n) is 5.10. The Morgan fingerprint density at radius 1 is 1.25 bits per heavy atom. The van der Waals surface area contributed by atoms with E-state index < -0.39 is 0 Å². The summed E-state index contributed by atoms with van der Waals surface area (Å²) >= 11 is 7.28. The predicted molar refractivity (Wildman–Crippen MR) is 99.5 cm³/mol. The maximum absolute atomic E-state index is 9.36. The average molecular weight is 353 g/mol. The van der Waals surface area contributed by atoms with Gasteiger partial charge in [-0.25, -0.2) is 4.98 Å². The van der Waals surface area contributed by atoms with Crippen LogP contribution in [0.4, 0.5) is 5.69 Å². The van der Waals surface area contributed by atoms with Crippen LogP contribution in [0, 0.1) is 18.3 Å². The van der Waals surface area contributed by atoms with Crippen LogP contribution in [0.5, 0.6) is 0 Å². The second kappa shape index (κ2) is 7.26. The van der Waals surface area contributed by atoms with E-state index in [2.05, 4.69) is 21.6 Å². The SMILES string of the molecule is Cc1cccc(N/N=C(\C#N)c2nc(-c3ccc(Cl)cc3)cs2)c1. The molecule has 6 heteroatoms. The molecule has 0 amide bonds. The van der Waals surface area contributed by atoms with Gasteiger partial charge < -0.3 is 0 Å². The number of anilines is 1. The largest absolute Gasteiger partial charge is 0.277 e. The van der Waals surface area contributed by atoms with Gasteiger partial charge in [-0.3, -0.25) is 5.43 Å². The molecule has 3 rings (SSSR count). The van der Waals surface area contributed by atoms with Crippen molar-refractivity contribution in [1.29, 1.82) is 5.26 Å². The lowest BCUT2D eigenvalue weighted by Crippen LogP contribution is -2.01. The summed E-state index contributed by atoms with van der Waals surface area (Å²) in [5, 5.41) is 16.7. The molecule has 0 aliphatic rings. The molecule has 1 N–H and O–H groups in total. The van der Waals surface area contributed by atoms with Crippen LogP contribution in [-0.4, -0.2) is 10.7 Å². The van der Waals surface area contributed by atoms with Gasteiger partial charge in [-0.1, -0.05) is 35.9 Å². The van der Waals surface area contributed by atoms with Crippen molar-refractivity contribution in [3.05, 3.63) is 69.5 Å². The van der Waals surface area contributed by atoms with Crippen LogP contribution in [0.3, 0.4) is 0 Å². The summed E-state index contributed by atoms with van der Waals surface area (Å²) in [5.41, 5.74) is 6.85. The highest BCUT2D eigenvalue weighted by Gasteiger charge is 2.10. The molecule has 0 aliphatic carbocycles. The number of hydrazone groups is 1. The van der Waals surface area contributed by atoms with Crippen molar-refractivity contribution in [1.82, 2.24) is 4.98 Å². The molecular formula is C18H13ClN4S. The van der Waals surface area contributed by atoms with Gasteiger partial charge in [0.2, 0.25) is 0 Å². The average Bonchev–Trinajstić information content (AvgIpc) is 3.06. The zero-order chi connectivity index (χ0) is 16.9. The van der Waals surface area contributed by atoms with Gasteiger partial charge in [0.15, 0.2) is 10.7 Å². The molecule has 0 unspecified atom stereocenters. The number of nitrogens with zero attached hydrogens (tertiary/aromatic N) is 3. The van der Waals surface area contributed by atoms with Crippen molar-refractivity contribution in [2.75, 3.05) is 5.43 Å². The first-order chi connectivity index (χ1) is 11.7. The Labute approximate surface area is 149 Å². The first-order valence-electron chi connectivity index (χ1n) is 7.18.